The Labute approximate surface area is 132 Å². The third-order valence-electron chi connectivity index (χ3n) is 4.64. The Kier molecular flexibility index (Phi) is 4.74. The average Bonchev–Trinajstić information content (AvgIpc) is 3.09. The summed E-state index contributed by atoms with van der Waals surface area (Å²) in [6.07, 6.45) is 3.66. The fraction of sp³-hybridized carbons (Fsp3) is 0.421. The number of amides is 1. The standard InChI is InChI=1S/C19H24N2O/c1-2-18(21-11-5-6-12-21)14-20-19(22)17-10-9-15-7-3-4-8-16(15)13-17/h3-4,7-10,13,18H,2,5-6,11-12,14H2,1H3,(H,20,22). The topological polar surface area (TPSA) is 32.3 Å². The molecular weight excluding hydrogens is 272 g/mol. The first-order valence-electron chi connectivity index (χ1n) is 8.29. The molecule has 1 amide bonds. The zero-order chi connectivity index (χ0) is 15.4. The maximum absolute atomic E-state index is 12.4. The molecule has 116 valence electrons. The molecule has 22 heavy (non-hydrogen) atoms. The highest BCUT2D eigenvalue weighted by atomic mass is 16.1. The predicted molar refractivity (Wildman–Crippen MR) is 91.2 cm³/mol. The molecule has 1 aliphatic rings. The van der Waals surface area contributed by atoms with Gasteiger partial charge in [-0.05, 0) is 55.3 Å². The molecule has 1 aliphatic heterocycles. The van der Waals surface area contributed by atoms with Gasteiger partial charge in [-0.1, -0.05) is 37.3 Å². The van der Waals surface area contributed by atoms with E-state index in [0.29, 0.717) is 6.04 Å². The quantitative estimate of drug-likeness (QED) is 0.916. The molecule has 2 aromatic carbocycles. The van der Waals surface area contributed by atoms with E-state index in [2.05, 4.69) is 23.2 Å². The Morgan fingerprint density at radius 1 is 1.14 bits per heavy atom. The monoisotopic (exact) mass is 296 g/mol. The summed E-state index contributed by atoms with van der Waals surface area (Å²) in [4.78, 5) is 14.9. The fourth-order valence-electron chi connectivity index (χ4n) is 3.28. The molecular formula is C19H24N2O. The lowest BCUT2D eigenvalue weighted by molar-refractivity contribution is 0.0937. The van der Waals surface area contributed by atoms with Gasteiger partial charge >= 0.3 is 0 Å². The van der Waals surface area contributed by atoms with Gasteiger partial charge in [-0.2, -0.15) is 0 Å². The van der Waals surface area contributed by atoms with Crippen molar-refractivity contribution in [3.63, 3.8) is 0 Å². The Hall–Kier alpha value is -1.87. The van der Waals surface area contributed by atoms with Crippen LogP contribution in [0.4, 0.5) is 0 Å². The molecule has 0 aromatic heterocycles. The SMILES string of the molecule is CCC(CNC(=O)c1ccc2ccccc2c1)N1CCCC1. The van der Waals surface area contributed by atoms with Crippen molar-refractivity contribution in [3.8, 4) is 0 Å². The number of nitrogens with zero attached hydrogens (tertiary/aromatic N) is 1. The van der Waals surface area contributed by atoms with E-state index in [4.69, 9.17) is 0 Å². The Morgan fingerprint density at radius 3 is 2.59 bits per heavy atom. The van der Waals surface area contributed by atoms with Crippen LogP contribution in [-0.4, -0.2) is 36.5 Å². The van der Waals surface area contributed by atoms with Crippen LogP contribution in [-0.2, 0) is 0 Å². The van der Waals surface area contributed by atoms with Gasteiger partial charge in [-0.3, -0.25) is 9.69 Å². The highest BCUT2D eigenvalue weighted by molar-refractivity contribution is 5.98. The third kappa shape index (κ3) is 3.30. The number of carbonyl (C=O) groups excluding carboxylic acids is 1. The molecule has 0 bridgehead atoms. The molecule has 0 spiro atoms. The summed E-state index contributed by atoms with van der Waals surface area (Å²) in [5.74, 6) is 0.0309. The van der Waals surface area contributed by atoms with Crippen LogP contribution in [0.5, 0.6) is 0 Å². The van der Waals surface area contributed by atoms with Crippen LogP contribution in [0.25, 0.3) is 10.8 Å². The molecule has 0 aliphatic carbocycles. The minimum atomic E-state index is 0.0309. The minimum Gasteiger partial charge on any atom is -0.350 e. The highest BCUT2D eigenvalue weighted by Crippen LogP contribution is 2.16. The number of rotatable bonds is 5. The van der Waals surface area contributed by atoms with Gasteiger partial charge in [0.25, 0.3) is 5.91 Å². The van der Waals surface area contributed by atoms with Crippen molar-refractivity contribution in [2.24, 2.45) is 0 Å². The first-order valence-corrected chi connectivity index (χ1v) is 8.29. The average molecular weight is 296 g/mol. The van der Waals surface area contributed by atoms with Crippen LogP contribution < -0.4 is 5.32 Å². The van der Waals surface area contributed by atoms with Crippen molar-refractivity contribution in [2.45, 2.75) is 32.2 Å². The molecule has 2 aromatic rings. The van der Waals surface area contributed by atoms with Gasteiger partial charge in [0.05, 0.1) is 0 Å². The summed E-state index contributed by atoms with van der Waals surface area (Å²) in [5, 5.41) is 5.39. The summed E-state index contributed by atoms with van der Waals surface area (Å²) in [6, 6.07) is 14.5. The van der Waals surface area contributed by atoms with Gasteiger partial charge in [0, 0.05) is 18.2 Å². The maximum atomic E-state index is 12.4. The van der Waals surface area contributed by atoms with Crippen LogP contribution in [0.1, 0.15) is 36.5 Å². The van der Waals surface area contributed by atoms with Gasteiger partial charge in [-0.25, -0.2) is 0 Å². The molecule has 3 nitrogen and oxygen atoms in total. The number of nitrogens with one attached hydrogen (secondary N) is 1. The van der Waals surface area contributed by atoms with Crippen LogP contribution in [0.3, 0.4) is 0 Å². The molecule has 0 radical (unpaired) electrons. The number of fused-ring (bicyclic) bond motifs is 1. The summed E-state index contributed by atoms with van der Waals surface area (Å²) < 4.78 is 0. The minimum absolute atomic E-state index is 0.0309. The van der Waals surface area contributed by atoms with Gasteiger partial charge in [0.2, 0.25) is 0 Å². The molecule has 1 saturated heterocycles. The van der Waals surface area contributed by atoms with E-state index in [1.54, 1.807) is 0 Å². The largest absolute Gasteiger partial charge is 0.350 e. The van der Waals surface area contributed by atoms with E-state index < -0.39 is 0 Å². The maximum Gasteiger partial charge on any atom is 0.251 e. The predicted octanol–water partition coefficient (Wildman–Crippen LogP) is 3.44. The smallest absolute Gasteiger partial charge is 0.251 e. The van der Waals surface area contributed by atoms with Crippen molar-refractivity contribution >= 4 is 16.7 Å². The van der Waals surface area contributed by atoms with Crippen LogP contribution in [0, 0.1) is 0 Å². The van der Waals surface area contributed by atoms with E-state index in [0.717, 1.165) is 23.9 Å². The third-order valence-corrected chi connectivity index (χ3v) is 4.64. The van der Waals surface area contributed by atoms with E-state index in [-0.39, 0.29) is 5.91 Å². The lowest BCUT2D eigenvalue weighted by Crippen LogP contribution is -2.42. The lowest BCUT2D eigenvalue weighted by Gasteiger charge is -2.26. The molecule has 1 atom stereocenters. The Balaban J connectivity index is 1.64. The summed E-state index contributed by atoms with van der Waals surface area (Å²) >= 11 is 0. The van der Waals surface area contributed by atoms with Crippen molar-refractivity contribution in [2.75, 3.05) is 19.6 Å². The first kappa shape index (κ1) is 15.0. The summed E-state index contributed by atoms with van der Waals surface area (Å²) in [6.45, 7) is 5.28. The van der Waals surface area contributed by atoms with E-state index in [1.807, 2.05) is 36.4 Å². The Bertz CT molecular complexity index is 647. The van der Waals surface area contributed by atoms with Crippen molar-refractivity contribution < 1.29 is 4.79 Å². The number of hydrogen-bond acceptors (Lipinski definition) is 2. The second-order valence-corrected chi connectivity index (χ2v) is 6.08. The van der Waals surface area contributed by atoms with Crippen molar-refractivity contribution in [3.05, 3.63) is 48.0 Å². The van der Waals surface area contributed by atoms with Crippen LogP contribution in [0.2, 0.25) is 0 Å². The number of likely N-dealkylation sites (tertiary alicyclic amines) is 1. The van der Waals surface area contributed by atoms with Crippen molar-refractivity contribution in [1.29, 1.82) is 0 Å². The summed E-state index contributed by atoms with van der Waals surface area (Å²) in [7, 11) is 0. The van der Waals surface area contributed by atoms with Crippen LogP contribution in [0.15, 0.2) is 42.5 Å². The zero-order valence-corrected chi connectivity index (χ0v) is 13.2. The second kappa shape index (κ2) is 6.93. The van der Waals surface area contributed by atoms with E-state index in [9.17, 15) is 4.79 Å². The fourth-order valence-corrected chi connectivity index (χ4v) is 3.28. The lowest BCUT2D eigenvalue weighted by atomic mass is 10.1. The van der Waals surface area contributed by atoms with Gasteiger partial charge in [0.15, 0.2) is 0 Å². The van der Waals surface area contributed by atoms with E-state index in [1.165, 1.54) is 31.3 Å². The summed E-state index contributed by atoms with van der Waals surface area (Å²) in [5.41, 5.74) is 0.745. The number of carbonyl (C=O) groups is 1. The Morgan fingerprint density at radius 2 is 1.86 bits per heavy atom. The van der Waals surface area contributed by atoms with Gasteiger partial charge < -0.3 is 5.32 Å². The normalized spacial score (nSPS) is 16.8. The molecule has 1 N–H and O–H groups in total. The molecule has 1 heterocycles. The molecule has 3 heteroatoms. The second-order valence-electron chi connectivity index (χ2n) is 6.08. The molecule has 1 unspecified atom stereocenters. The molecule has 0 saturated carbocycles. The highest BCUT2D eigenvalue weighted by Gasteiger charge is 2.20. The van der Waals surface area contributed by atoms with E-state index >= 15 is 0 Å². The molecule has 3 rings (SSSR count). The number of hydrogen-bond donors (Lipinski definition) is 1. The van der Waals surface area contributed by atoms with Crippen molar-refractivity contribution in [1.82, 2.24) is 10.2 Å². The zero-order valence-electron chi connectivity index (χ0n) is 13.2. The molecule has 1 fully saturated rings. The van der Waals surface area contributed by atoms with Gasteiger partial charge in [0.1, 0.15) is 0 Å². The first-order chi connectivity index (χ1) is 10.8. The van der Waals surface area contributed by atoms with Gasteiger partial charge in [-0.15, -0.1) is 0 Å². The van der Waals surface area contributed by atoms with Crippen LogP contribution >= 0.6 is 0 Å². The number of benzene rings is 2.